The molecule has 0 amide bonds. The second kappa shape index (κ2) is 5.33. The summed E-state index contributed by atoms with van der Waals surface area (Å²) in [6.07, 6.45) is 0.217. The Balaban J connectivity index is 2.87. The molecule has 1 aromatic carbocycles. The molecule has 5 nitrogen and oxygen atoms in total. The van der Waals surface area contributed by atoms with E-state index in [1.54, 1.807) is 0 Å². The molecule has 0 bridgehead atoms. The Morgan fingerprint density at radius 3 is 2.59 bits per heavy atom. The molecule has 0 aromatic heterocycles. The Hall–Kier alpha value is -2.05. The summed E-state index contributed by atoms with van der Waals surface area (Å²) < 4.78 is 26.0. The highest BCUT2D eigenvalue weighted by atomic mass is 19.2. The number of hydrogen-bond acceptors (Lipinski definition) is 3. The Bertz CT molecular complexity index is 462. The number of nitro groups is 1. The molecule has 0 radical (unpaired) electrons. The van der Waals surface area contributed by atoms with Crippen LogP contribution in [0.3, 0.4) is 0 Å². The van der Waals surface area contributed by atoms with Crippen LogP contribution in [-0.2, 0) is 11.2 Å². The van der Waals surface area contributed by atoms with Crippen molar-refractivity contribution in [2.45, 2.75) is 19.3 Å². The fraction of sp³-hybridized carbons (Fsp3) is 0.300. The van der Waals surface area contributed by atoms with Crippen molar-refractivity contribution < 1.29 is 23.6 Å². The van der Waals surface area contributed by atoms with Gasteiger partial charge in [-0.1, -0.05) is 0 Å². The number of nitrogens with zero attached hydrogens (tertiary/aromatic N) is 1. The standard InChI is InChI=1S/C10H9F2NO4/c11-7-4-6(2-1-3-9(14)15)5-8(10(7)12)13(16)17/h4-5H,1-3H2,(H,14,15). The molecule has 0 saturated carbocycles. The third kappa shape index (κ3) is 3.47. The summed E-state index contributed by atoms with van der Waals surface area (Å²) in [6.45, 7) is 0. The molecule has 0 aliphatic carbocycles. The van der Waals surface area contributed by atoms with E-state index in [1.165, 1.54) is 0 Å². The summed E-state index contributed by atoms with van der Waals surface area (Å²) in [5, 5.41) is 18.8. The average molecular weight is 245 g/mol. The van der Waals surface area contributed by atoms with Gasteiger partial charge in [-0.2, -0.15) is 4.39 Å². The van der Waals surface area contributed by atoms with Crippen LogP contribution < -0.4 is 0 Å². The van der Waals surface area contributed by atoms with Gasteiger partial charge in [0.1, 0.15) is 0 Å². The zero-order chi connectivity index (χ0) is 13.0. The van der Waals surface area contributed by atoms with Crippen LogP contribution in [0.4, 0.5) is 14.5 Å². The third-order valence-corrected chi connectivity index (χ3v) is 2.12. The van der Waals surface area contributed by atoms with Gasteiger partial charge in [0.05, 0.1) is 4.92 Å². The highest BCUT2D eigenvalue weighted by Crippen LogP contribution is 2.22. The molecule has 1 rings (SSSR count). The molecule has 1 aromatic rings. The van der Waals surface area contributed by atoms with Gasteiger partial charge in [0.25, 0.3) is 0 Å². The predicted molar refractivity (Wildman–Crippen MR) is 53.6 cm³/mol. The lowest BCUT2D eigenvalue weighted by atomic mass is 10.1. The smallest absolute Gasteiger partial charge is 0.308 e. The Labute approximate surface area is 94.8 Å². The molecule has 0 spiro atoms. The number of carboxylic acid groups (broad SMARTS) is 1. The van der Waals surface area contributed by atoms with Crippen LogP contribution >= 0.6 is 0 Å². The monoisotopic (exact) mass is 245 g/mol. The van der Waals surface area contributed by atoms with Crippen molar-refractivity contribution in [2.75, 3.05) is 0 Å². The second-order valence-electron chi connectivity index (χ2n) is 3.42. The molecule has 17 heavy (non-hydrogen) atoms. The van der Waals surface area contributed by atoms with Gasteiger partial charge in [-0.25, -0.2) is 4.39 Å². The van der Waals surface area contributed by atoms with E-state index in [1.807, 2.05) is 0 Å². The maximum Gasteiger partial charge on any atom is 0.308 e. The number of hydrogen-bond donors (Lipinski definition) is 1. The Morgan fingerprint density at radius 2 is 2.06 bits per heavy atom. The summed E-state index contributed by atoms with van der Waals surface area (Å²) in [4.78, 5) is 19.6. The van der Waals surface area contributed by atoms with Gasteiger partial charge in [-0.15, -0.1) is 0 Å². The average Bonchev–Trinajstić information content (AvgIpc) is 2.22. The quantitative estimate of drug-likeness (QED) is 0.637. The fourth-order valence-corrected chi connectivity index (χ4v) is 1.35. The third-order valence-electron chi connectivity index (χ3n) is 2.12. The molecule has 7 heteroatoms. The van der Waals surface area contributed by atoms with Crippen LogP contribution in [0.1, 0.15) is 18.4 Å². The van der Waals surface area contributed by atoms with E-state index in [0.29, 0.717) is 0 Å². The minimum Gasteiger partial charge on any atom is -0.481 e. The van der Waals surface area contributed by atoms with Crippen LogP contribution in [0.25, 0.3) is 0 Å². The van der Waals surface area contributed by atoms with Crippen LogP contribution in [0, 0.1) is 21.7 Å². The van der Waals surface area contributed by atoms with E-state index < -0.39 is 28.2 Å². The van der Waals surface area contributed by atoms with E-state index in [9.17, 15) is 23.7 Å². The van der Waals surface area contributed by atoms with Crippen molar-refractivity contribution in [3.63, 3.8) is 0 Å². The van der Waals surface area contributed by atoms with Crippen molar-refractivity contribution in [1.29, 1.82) is 0 Å². The molecule has 0 aliphatic rings. The van der Waals surface area contributed by atoms with E-state index in [0.717, 1.165) is 12.1 Å². The lowest BCUT2D eigenvalue weighted by Gasteiger charge is -2.02. The molecule has 0 saturated heterocycles. The number of aliphatic carboxylic acids is 1. The molecular weight excluding hydrogens is 236 g/mol. The zero-order valence-corrected chi connectivity index (χ0v) is 8.65. The lowest BCUT2D eigenvalue weighted by Crippen LogP contribution is -2.00. The van der Waals surface area contributed by atoms with Crippen molar-refractivity contribution >= 4 is 11.7 Å². The first-order valence-electron chi connectivity index (χ1n) is 4.76. The molecule has 0 aliphatic heterocycles. The van der Waals surface area contributed by atoms with Gasteiger partial charge >= 0.3 is 11.7 Å². The number of rotatable bonds is 5. The van der Waals surface area contributed by atoms with Crippen molar-refractivity contribution in [2.24, 2.45) is 0 Å². The molecule has 0 atom stereocenters. The highest BCUT2D eigenvalue weighted by molar-refractivity contribution is 5.66. The Kier molecular flexibility index (Phi) is 4.08. The predicted octanol–water partition coefficient (Wildman–Crippen LogP) is 2.28. The minimum absolute atomic E-state index is 0.132. The van der Waals surface area contributed by atoms with Crippen LogP contribution in [-0.4, -0.2) is 16.0 Å². The topological polar surface area (TPSA) is 80.4 Å². The first kappa shape index (κ1) is 13.0. The number of carbonyl (C=O) groups is 1. The number of aryl methyl sites for hydroxylation is 1. The maximum absolute atomic E-state index is 13.0. The van der Waals surface area contributed by atoms with Gasteiger partial charge in [0.2, 0.25) is 5.82 Å². The molecular formula is C10H9F2NO4. The minimum atomic E-state index is -1.50. The lowest BCUT2D eigenvalue weighted by molar-refractivity contribution is -0.387. The van der Waals surface area contributed by atoms with Crippen LogP contribution in [0.15, 0.2) is 12.1 Å². The van der Waals surface area contributed by atoms with E-state index in [-0.39, 0.29) is 24.8 Å². The van der Waals surface area contributed by atoms with Gasteiger partial charge in [-0.3, -0.25) is 14.9 Å². The normalized spacial score (nSPS) is 10.2. The van der Waals surface area contributed by atoms with E-state index in [2.05, 4.69) is 0 Å². The first-order valence-corrected chi connectivity index (χ1v) is 4.76. The number of benzene rings is 1. The molecule has 1 N–H and O–H groups in total. The van der Waals surface area contributed by atoms with Crippen LogP contribution in [0.5, 0.6) is 0 Å². The maximum atomic E-state index is 13.0. The molecule has 0 unspecified atom stereocenters. The summed E-state index contributed by atoms with van der Waals surface area (Å²) in [5.41, 5.74) is -0.729. The van der Waals surface area contributed by atoms with Gasteiger partial charge < -0.3 is 5.11 Å². The summed E-state index contributed by atoms with van der Waals surface area (Å²) in [7, 11) is 0. The molecule has 92 valence electrons. The van der Waals surface area contributed by atoms with Gasteiger partial charge in [0.15, 0.2) is 5.82 Å². The van der Waals surface area contributed by atoms with Gasteiger partial charge in [-0.05, 0) is 24.5 Å². The zero-order valence-electron chi connectivity index (χ0n) is 8.65. The van der Waals surface area contributed by atoms with Crippen molar-refractivity contribution in [3.8, 4) is 0 Å². The summed E-state index contributed by atoms with van der Waals surface area (Å²) >= 11 is 0. The largest absolute Gasteiger partial charge is 0.481 e. The SMILES string of the molecule is O=C(O)CCCc1cc(F)c(F)c([N+](=O)[O-])c1. The van der Waals surface area contributed by atoms with Crippen LogP contribution in [0.2, 0.25) is 0 Å². The first-order chi connectivity index (χ1) is 7.91. The van der Waals surface area contributed by atoms with E-state index >= 15 is 0 Å². The number of carboxylic acids is 1. The van der Waals surface area contributed by atoms with Crippen molar-refractivity contribution in [1.82, 2.24) is 0 Å². The number of nitro benzene ring substituents is 1. The molecule has 0 fully saturated rings. The summed E-state index contributed by atoms with van der Waals surface area (Å²) in [6, 6.07) is 1.75. The fourth-order valence-electron chi connectivity index (χ4n) is 1.35. The highest BCUT2D eigenvalue weighted by Gasteiger charge is 2.19. The Morgan fingerprint density at radius 1 is 1.41 bits per heavy atom. The van der Waals surface area contributed by atoms with Crippen molar-refractivity contribution in [3.05, 3.63) is 39.4 Å². The van der Waals surface area contributed by atoms with E-state index in [4.69, 9.17) is 5.11 Å². The second-order valence-corrected chi connectivity index (χ2v) is 3.42. The molecule has 0 heterocycles. The summed E-state index contributed by atoms with van der Waals surface area (Å²) in [5.74, 6) is -3.82. The van der Waals surface area contributed by atoms with Gasteiger partial charge in [0, 0.05) is 12.5 Å². The number of halogens is 2.